The van der Waals surface area contributed by atoms with E-state index < -0.39 is 28.6 Å². The summed E-state index contributed by atoms with van der Waals surface area (Å²) in [5.74, 6) is -0.598. The highest BCUT2D eigenvalue weighted by molar-refractivity contribution is 5.83. The molecule has 2 aromatic rings. The normalized spacial score (nSPS) is 12.0. The van der Waals surface area contributed by atoms with E-state index in [4.69, 9.17) is 9.47 Å². The average Bonchev–Trinajstić information content (AvgIpc) is 2.62. The van der Waals surface area contributed by atoms with Crippen LogP contribution in [0.3, 0.4) is 0 Å². The van der Waals surface area contributed by atoms with Crippen LogP contribution in [0.15, 0.2) is 48.5 Å². The lowest BCUT2D eigenvalue weighted by Gasteiger charge is -2.23. The fourth-order valence-electron chi connectivity index (χ4n) is 2.33. The van der Waals surface area contributed by atoms with Crippen molar-refractivity contribution in [1.29, 1.82) is 0 Å². The van der Waals surface area contributed by atoms with Crippen LogP contribution in [0.25, 0.3) is 0 Å². The minimum atomic E-state index is -1.08. The Labute approximate surface area is 167 Å². The number of benzene rings is 2. The number of amides is 1. The van der Waals surface area contributed by atoms with E-state index in [1.807, 2.05) is 0 Å². The van der Waals surface area contributed by atoms with Gasteiger partial charge in [0.25, 0.3) is 5.69 Å². The van der Waals surface area contributed by atoms with Gasteiger partial charge in [0.1, 0.15) is 23.1 Å². The number of phenolic OH excluding ortho intramolecular Hbond substituents is 1. The van der Waals surface area contributed by atoms with Crippen molar-refractivity contribution in [3.05, 3.63) is 64.2 Å². The van der Waals surface area contributed by atoms with Crippen LogP contribution in [0.4, 0.5) is 10.5 Å². The topological polar surface area (TPSA) is 128 Å². The van der Waals surface area contributed by atoms with Gasteiger partial charge in [-0.05, 0) is 50.6 Å². The van der Waals surface area contributed by atoms with Gasteiger partial charge in [0, 0.05) is 18.6 Å². The number of carbonyl (C=O) groups excluding carboxylic acids is 2. The molecule has 9 heteroatoms. The summed E-state index contributed by atoms with van der Waals surface area (Å²) in [6, 6.07) is 10.1. The summed E-state index contributed by atoms with van der Waals surface area (Å²) in [6.45, 7) is 5.07. The molecule has 0 saturated heterocycles. The standard InChI is InChI=1S/C20H22N2O7/c1-20(2,3)29-19(25)21-17(12-13-4-8-15(23)9-5-13)18(24)28-16-10-6-14(7-11-16)22(26)27/h4-11,17,23H,12H2,1-3H3,(H,21,25)/t17-/m0/s1. The van der Waals surface area contributed by atoms with Crippen LogP contribution in [-0.4, -0.2) is 33.7 Å². The third-order valence-corrected chi connectivity index (χ3v) is 3.62. The fraction of sp³-hybridized carbons (Fsp3) is 0.300. The molecular weight excluding hydrogens is 380 g/mol. The van der Waals surface area contributed by atoms with Crippen LogP contribution in [0, 0.1) is 10.1 Å². The number of phenols is 1. The van der Waals surface area contributed by atoms with Crippen molar-refractivity contribution < 1.29 is 29.1 Å². The Hall–Kier alpha value is -3.62. The first kappa shape index (κ1) is 21.7. The first-order valence-electron chi connectivity index (χ1n) is 8.77. The van der Waals surface area contributed by atoms with Crippen LogP contribution in [-0.2, 0) is 16.0 Å². The van der Waals surface area contributed by atoms with E-state index in [1.165, 1.54) is 36.4 Å². The van der Waals surface area contributed by atoms with Gasteiger partial charge in [0.2, 0.25) is 0 Å². The zero-order valence-corrected chi connectivity index (χ0v) is 16.2. The summed E-state index contributed by atoms with van der Waals surface area (Å²) in [7, 11) is 0. The van der Waals surface area contributed by atoms with E-state index in [1.54, 1.807) is 32.9 Å². The molecule has 0 bridgehead atoms. The molecule has 0 radical (unpaired) electrons. The molecule has 2 rings (SSSR count). The van der Waals surface area contributed by atoms with E-state index in [-0.39, 0.29) is 23.6 Å². The van der Waals surface area contributed by atoms with Gasteiger partial charge in [-0.25, -0.2) is 9.59 Å². The molecule has 2 N–H and O–H groups in total. The maximum atomic E-state index is 12.6. The van der Waals surface area contributed by atoms with Gasteiger partial charge in [-0.2, -0.15) is 0 Å². The number of nitro groups is 1. The van der Waals surface area contributed by atoms with E-state index in [9.17, 15) is 24.8 Å². The number of carbonyl (C=O) groups is 2. The number of hydrogen-bond donors (Lipinski definition) is 2. The highest BCUT2D eigenvalue weighted by Gasteiger charge is 2.26. The zero-order valence-electron chi connectivity index (χ0n) is 16.2. The van der Waals surface area contributed by atoms with E-state index in [2.05, 4.69) is 5.32 Å². The number of nitrogens with one attached hydrogen (secondary N) is 1. The fourth-order valence-corrected chi connectivity index (χ4v) is 2.33. The molecule has 0 heterocycles. The van der Waals surface area contributed by atoms with E-state index >= 15 is 0 Å². The largest absolute Gasteiger partial charge is 0.508 e. The zero-order chi connectivity index (χ0) is 21.6. The number of rotatable bonds is 6. The van der Waals surface area contributed by atoms with Crippen molar-refractivity contribution in [2.24, 2.45) is 0 Å². The Balaban J connectivity index is 2.15. The summed E-state index contributed by atoms with van der Waals surface area (Å²) < 4.78 is 10.5. The number of aromatic hydroxyl groups is 1. The van der Waals surface area contributed by atoms with Gasteiger partial charge in [-0.1, -0.05) is 12.1 Å². The first-order chi connectivity index (χ1) is 13.5. The van der Waals surface area contributed by atoms with Crippen LogP contribution < -0.4 is 10.1 Å². The van der Waals surface area contributed by atoms with Gasteiger partial charge < -0.3 is 19.9 Å². The molecule has 0 aliphatic carbocycles. The molecule has 0 aliphatic heterocycles. The number of nitro benzene ring substituents is 1. The monoisotopic (exact) mass is 402 g/mol. The Morgan fingerprint density at radius 3 is 2.21 bits per heavy atom. The highest BCUT2D eigenvalue weighted by Crippen LogP contribution is 2.19. The van der Waals surface area contributed by atoms with E-state index in [0.717, 1.165) is 0 Å². The maximum absolute atomic E-state index is 12.6. The summed E-state index contributed by atoms with van der Waals surface area (Å²) >= 11 is 0. The average molecular weight is 402 g/mol. The predicted molar refractivity (Wildman–Crippen MR) is 104 cm³/mol. The van der Waals surface area contributed by atoms with Gasteiger partial charge in [0.05, 0.1) is 4.92 Å². The number of ether oxygens (including phenoxy) is 2. The molecule has 0 unspecified atom stereocenters. The van der Waals surface area contributed by atoms with Gasteiger partial charge in [0.15, 0.2) is 0 Å². The van der Waals surface area contributed by atoms with Crippen molar-refractivity contribution in [2.45, 2.75) is 38.8 Å². The maximum Gasteiger partial charge on any atom is 0.408 e. The van der Waals surface area contributed by atoms with Gasteiger partial charge in [-0.15, -0.1) is 0 Å². The van der Waals surface area contributed by atoms with Crippen molar-refractivity contribution >= 4 is 17.7 Å². The van der Waals surface area contributed by atoms with Crippen LogP contribution >= 0.6 is 0 Å². The molecule has 29 heavy (non-hydrogen) atoms. The molecule has 2 aromatic carbocycles. The summed E-state index contributed by atoms with van der Waals surface area (Å²) in [5, 5.41) is 22.6. The van der Waals surface area contributed by atoms with E-state index in [0.29, 0.717) is 5.56 Å². The molecule has 0 aliphatic rings. The number of non-ortho nitro benzene ring substituents is 1. The third kappa shape index (κ3) is 7.13. The SMILES string of the molecule is CC(C)(C)OC(=O)N[C@@H](Cc1ccc(O)cc1)C(=O)Oc1ccc([N+](=O)[O-])cc1. The summed E-state index contributed by atoms with van der Waals surface area (Å²) in [4.78, 5) is 34.9. The molecule has 1 amide bonds. The molecule has 9 nitrogen and oxygen atoms in total. The Morgan fingerprint density at radius 1 is 1.10 bits per heavy atom. The molecule has 154 valence electrons. The second kappa shape index (κ2) is 9.05. The van der Waals surface area contributed by atoms with Crippen LogP contribution in [0.5, 0.6) is 11.5 Å². The Kier molecular flexibility index (Phi) is 6.76. The number of nitrogens with zero attached hydrogens (tertiary/aromatic N) is 1. The molecule has 1 atom stereocenters. The number of alkyl carbamates (subject to hydrolysis) is 1. The second-order valence-electron chi connectivity index (χ2n) is 7.24. The number of hydrogen-bond acceptors (Lipinski definition) is 7. The van der Waals surface area contributed by atoms with Crippen molar-refractivity contribution in [2.75, 3.05) is 0 Å². The lowest BCUT2D eigenvalue weighted by Crippen LogP contribution is -2.46. The molecule has 0 fully saturated rings. The third-order valence-electron chi connectivity index (χ3n) is 3.62. The Bertz CT molecular complexity index is 871. The predicted octanol–water partition coefficient (Wildman–Crippen LogP) is 3.34. The number of esters is 1. The van der Waals surface area contributed by atoms with Gasteiger partial charge in [-0.3, -0.25) is 10.1 Å². The highest BCUT2D eigenvalue weighted by atomic mass is 16.6. The molecule has 0 saturated carbocycles. The van der Waals surface area contributed by atoms with Crippen molar-refractivity contribution in [3.63, 3.8) is 0 Å². The van der Waals surface area contributed by atoms with Crippen molar-refractivity contribution in [1.82, 2.24) is 5.32 Å². The first-order valence-corrected chi connectivity index (χ1v) is 8.77. The smallest absolute Gasteiger partial charge is 0.408 e. The molecule has 0 aromatic heterocycles. The van der Waals surface area contributed by atoms with Crippen molar-refractivity contribution in [3.8, 4) is 11.5 Å². The molecular formula is C20H22N2O7. The second-order valence-corrected chi connectivity index (χ2v) is 7.24. The van der Waals surface area contributed by atoms with Crippen LogP contribution in [0.1, 0.15) is 26.3 Å². The summed E-state index contributed by atoms with van der Waals surface area (Å²) in [5.41, 5.74) is -0.225. The van der Waals surface area contributed by atoms with Crippen LogP contribution in [0.2, 0.25) is 0 Å². The lowest BCUT2D eigenvalue weighted by molar-refractivity contribution is -0.384. The minimum Gasteiger partial charge on any atom is -0.508 e. The Morgan fingerprint density at radius 2 is 1.69 bits per heavy atom. The summed E-state index contributed by atoms with van der Waals surface area (Å²) in [6.07, 6.45) is -0.701. The minimum absolute atomic E-state index is 0.0684. The lowest BCUT2D eigenvalue weighted by atomic mass is 10.1. The quantitative estimate of drug-likeness (QED) is 0.328. The molecule has 0 spiro atoms. The van der Waals surface area contributed by atoms with Gasteiger partial charge >= 0.3 is 12.1 Å².